The van der Waals surface area contributed by atoms with E-state index in [2.05, 4.69) is 4.98 Å². The lowest BCUT2D eigenvalue weighted by Crippen LogP contribution is -2.08. The van der Waals surface area contributed by atoms with Crippen LogP contribution in [0.2, 0.25) is 10.3 Å². The highest BCUT2D eigenvalue weighted by molar-refractivity contribution is 7.12. The van der Waals surface area contributed by atoms with Gasteiger partial charge < -0.3 is 0 Å². The van der Waals surface area contributed by atoms with Crippen molar-refractivity contribution >= 4 is 40.4 Å². The van der Waals surface area contributed by atoms with E-state index in [0.717, 1.165) is 0 Å². The Hall–Kier alpha value is -0.840. The van der Waals surface area contributed by atoms with E-state index in [1.807, 2.05) is 5.38 Å². The average molecular weight is 247 g/mol. The number of aromatic nitrogens is 2. The summed E-state index contributed by atoms with van der Waals surface area (Å²) in [6.45, 7) is 0. The Morgan fingerprint density at radius 1 is 1.50 bits per heavy atom. The molecule has 0 atom stereocenters. The number of imidazole rings is 1. The highest BCUT2D eigenvalue weighted by Gasteiger charge is 2.15. The zero-order chi connectivity index (χ0) is 10.1. The summed E-state index contributed by atoms with van der Waals surface area (Å²) >= 11 is 12.7. The van der Waals surface area contributed by atoms with Crippen molar-refractivity contribution in [1.29, 1.82) is 0 Å². The van der Waals surface area contributed by atoms with Crippen LogP contribution in [0.1, 0.15) is 9.67 Å². The zero-order valence-electron chi connectivity index (χ0n) is 6.78. The molecule has 0 aromatic carbocycles. The van der Waals surface area contributed by atoms with Gasteiger partial charge in [-0.2, -0.15) is 0 Å². The van der Waals surface area contributed by atoms with Gasteiger partial charge in [-0.25, -0.2) is 4.98 Å². The Bertz CT molecular complexity index is 464. The van der Waals surface area contributed by atoms with E-state index in [0.29, 0.717) is 4.88 Å². The Morgan fingerprint density at radius 3 is 2.79 bits per heavy atom. The van der Waals surface area contributed by atoms with Crippen LogP contribution in [0, 0.1) is 0 Å². The third-order valence-electron chi connectivity index (χ3n) is 1.62. The van der Waals surface area contributed by atoms with Crippen LogP contribution in [0.25, 0.3) is 0 Å². The van der Waals surface area contributed by atoms with Crippen LogP contribution in [0.5, 0.6) is 0 Å². The summed E-state index contributed by atoms with van der Waals surface area (Å²) in [5, 5.41) is 2.10. The first-order chi connectivity index (χ1) is 6.70. The van der Waals surface area contributed by atoms with Crippen LogP contribution >= 0.6 is 34.5 Å². The van der Waals surface area contributed by atoms with E-state index in [-0.39, 0.29) is 16.2 Å². The molecule has 2 heterocycles. The predicted octanol–water partition coefficient (Wildman–Crippen LogP) is 2.94. The van der Waals surface area contributed by atoms with Gasteiger partial charge in [-0.3, -0.25) is 9.36 Å². The molecule has 0 bridgehead atoms. The molecule has 0 aliphatic carbocycles. The highest BCUT2D eigenvalue weighted by Crippen LogP contribution is 2.21. The number of hydrogen-bond acceptors (Lipinski definition) is 3. The largest absolute Gasteiger partial charge is 0.274 e. The topological polar surface area (TPSA) is 34.9 Å². The van der Waals surface area contributed by atoms with Crippen molar-refractivity contribution in [2.75, 3.05) is 0 Å². The molecule has 0 amide bonds. The molecule has 0 unspecified atom stereocenters. The molecule has 2 aromatic rings. The lowest BCUT2D eigenvalue weighted by molar-refractivity contribution is 0.0964. The quantitative estimate of drug-likeness (QED) is 0.776. The summed E-state index contributed by atoms with van der Waals surface area (Å²) in [7, 11) is 0. The van der Waals surface area contributed by atoms with Gasteiger partial charge in [0.1, 0.15) is 6.33 Å². The predicted molar refractivity (Wildman–Crippen MR) is 56.3 cm³/mol. The SMILES string of the molecule is O=C(c1cccs1)n1cnc(Cl)c1Cl. The van der Waals surface area contributed by atoms with Crippen LogP contribution < -0.4 is 0 Å². The van der Waals surface area contributed by atoms with Crippen molar-refractivity contribution < 1.29 is 4.79 Å². The van der Waals surface area contributed by atoms with Crippen LogP contribution in [-0.4, -0.2) is 15.5 Å². The standard InChI is InChI=1S/C8H4Cl2N2OS/c9-6-7(10)12(4-11-6)8(13)5-2-1-3-14-5/h1-4H. The Labute approximate surface area is 93.9 Å². The number of rotatable bonds is 1. The number of hydrogen-bond donors (Lipinski definition) is 0. The molecule has 14 heavy (non-hydrogen) atoms. The normalized spacial score (nSPS) is 10.4. The highest BCUT2D eigenvalue weighted by atomic mass is 35.5. The molecule has 0 N–H and O–H groups in total. The number of thiophene rings is 1. The van der Waals surface area contributed by atoms with E-state index in [1.54, 1.807) is 12.1 Å². The maximum Gasteiger partial charge on any atom is 0.274 e. The first-order valence-corrected chi connectivity index (χ1v) is 5.30. The van der Waals surface area contributed by atoms with Gasteiger partial charge in [0.15, 0.2) is 10.3 Å². The Morgan fingerprint density at radius 2 is 2.29 bits per heavy atom. The second kappa shape index (κ2) is 3.73. The molecule has 72 valence electrons. The van der Waals surface area contributed by atoms with Crippen molar-refractivity contribution in [3.63, 3.8) is 0 Å². The maximum atomic E-state index is 11.7. The van der Waals surface area contributed by atoms with Crippen molar-refractivity contribution in [3.05, 3.63) is 39.0 Å². The van der Waals surface area contributed by atoms with E-state index < -0.39 is 0 Å². The van der Waals surface area contributed by atoms with E-state index in [4.69, 9.17) is 23.2 Å². The fraction of sp³-hybridized carbons (Fsp3) is 0. The average Bonchev–Trinajstić information content (AvgIpc) is 2.77. The molecule has 6 heteroatoms. The van der Waals surface area contributed by atoms with Gasteiger partial charge >= 0.3 is 0 Å². The van der Waals surface area contributed by atoms with Crippen LogP contribution in [0.4, 0.5) is 0 Å². The molecule has 2 aromatic heterocycles. The number of nitrogens with zero attached hydrogens (tertiary/aromatic N) is 2. The molecule has 0 fully saturated rings. The second-order valence-electron chi connectivity index (χ2n) is 2.48. The smallest absolute Gasteiger partial charge is 0.267 e. The summed E-state index contributed by atoms with van der Waals surface area (Å²) in [6, 6.07) is 3.52. The monoisotopic (exact) mass is 246 g/mol. The van der Waals surface area contributed by atoms with Gasteiger partial charge in [0.25, 0.3) is 5.91 Å². The van der Waals surface area contributed by atoms with Gasteiger partial charge in [-0.15, -0.1) is 11.3 Å². The lowest BCUT2D eigenvalue weighted by atomic mass is 10.4. The molecule has 0 spiro atoms. The molecular weight excluding hydrogens is 243 g/mol. The first kappa shape index (κ1) is 9.71. The number of halogens is 2. The minimum Gasteiger partial charge on any atom is -0.267 e. The van der Waals surface area contributed by atoms with Crippen molar-refractivity contribution in [2.24, 2.45) is 0 Å². The molecule has 3 nitrogen and oxygen atoms in total. The molecule has 0 saturated carbocycles. The molecule has 0 saturated heterocycles. The fourth-order valence-corrected chi connectivity index (χ4v) is 1.94. The van der Waals surface area contributed by atoms with E-state index in [1.165, 1.54) is 22.2 Å². The molecule has 0 radical (unpaired) electrons. The fourth-order valence-electron chi connectivity index (χ4n) is 0.972. The van der Waals surface area contributed by atoms with E-state index in [9.17, 15) is 4.79 Å². The van der Waals surface area contributed by atoms with Crippen molar-refractivity contribution in [3.8, 4) is 0 Å². The summed E-state index contributed by atoms with van der Waals surface area (Å²) in [5.41, 5.74) is 0. The third kappa shape index (κ3) is 1.56. The summed E-state index contributed by atoms with van der Waals surface area (Å²) < 4.78 is 1.22. The van der Waals surface area contributed by atoms with Crippen molar-refractivity contribution in [1.82, 2.24) is 9.55 Å². The maximum absolute atomic E-state index is 11.7. The Kier molecular flexibility index (Phi) is 2.58. The minimum atomic E-state index is -0.218. The number of carbonyl (C=O) groups is 1. The zero-order valence-corrected chi connectivity index (χ0v) is 9.10. The molecule has 2 rings (SSSR count). The van der Waals surface area contributed by atoms with Crippen LogP contribution in [-0.2, 0) is 0 Å². The van der Waals surface area contributed by atoms with E-state index >= 15 is 0 Å². The molecule has 0 aliphatic heterocycles. The Balaban J connectivity index is 2.42. The van der Waals surface area contributed by atoms with Gasteiger partial charge in [0.05, 0.1) is 4.88 Å². The first-order valence-electron chi connectivity index (χ1n) is 3.66. The second-order valence-corrected chi connectivity index (χ2v) is 4.14. The van der Waals surface area contributed by atoms with Gasteiger partial charge in [-0.05, 0) is 11.4 Å². The van der Waals surface area contributed by atoms with Crippen LogP contribution in [0.15, 0.2) is 23.8 Å². The minimum absolute atomic E-state index is 0.136. The summed E-state index contributed by atoms with van der Waals surface area (Å²) in [4.78, 5) is 16.1. The third-order valence-corrected chi connectivity index (χ3v) is 3.21. The summed E-state index contributed by atoms with van der Waals surface area (Å²) in [6.07, 6.45) is 1.31. The lowest BCUT2D eigenvalue weighted by Gasteiger charge is -1.98. The van der Waals surface area contributed by atoms with Gasteiger partial charge in [-0.1, -0.05) is 29.3 Å². The van der Waals surface area contributed by atoms with Gasteiger partial charge in [0.2, 0.25) is 0 Å². The summed E-state index contributed by atoms with van der Waals surface area (Å²) in [5.74, 6) is -0.218. The molecule has 0 aliphatic rings. The van der Waals surface area contributed by atoms with Crippen LogP contribution in [0.3, 0.4) is 0 Å². The molecular formula is C8H4Cl2N2OS. The van der Waals surface area contributed by atoms with Gasteiger partial charge in [0, 0.05) is 0 Å². The number of carbonyl (C=O) groups excluding carboxylic acids is 1. The van der Waals surface area contributed by atoms with Crippen molar-refractivity contribution in [2.45, 2.75) is 0 Å².